The van der Waals surface area contributed by atoms with Crippen molar-refractivity contribution < 1.29 is 9.53 Å². The molecular weight excluding hydrogens is 374 g/mol. The van der Waals surface area contributed by atoms with Gasteiger partial charge in [-0.15, -0.1) is 0 Å². The van der Waals surface area contributed by atoms with Crippen LogP contribution in [0.5, 0.6) is 5.75 Å². The van der Waals surface area contributed by atoms with Gasteiger partial charge in [-0.3, -0.25) is 14.6 Å². The van der Waals surface area contributed by atoms with Crippen molar-refractivity contribution >= 4 is 5.91 Å². The number of nitrogens with one attached hydrogen (secondary N) is 1. The lowest BCUT2D eigenvalue weighted by molar-refractivity contribution is -0.127. The number of benzene rings is 2. The van der Waals surface area contributed by atoms with Crippen molar-refractivity contribution in [3.05, 3.63) is 65.7 Å². The first-order chi connectivity index (χ1) is 14.7. The van der Waals surface area contributed by atoms with E-state index in [4.69, 9.17) is 4.74 Å². The summed E-state index contributed by atoms with van der Waals surface area (Å²) in [4.78, 5) is 17.9. The Morgan fingerprint density at radius 3 is 2.33 bits per heavy atom. The van der Waals surface area contributed by atoms with Crippen molar-refractivity contribution in [1.29, 1.82) is 0 Å². The van der Waals surface area contributed by atoms with Crippen molar-refractivity contribution in [2.75, 3.05) is 33.3 Å². The van der Waals surface area contributed by atoms with Gasteiger partial charge in [0.15, 0.2) is 0 Å². The number of hydrogen-bond donors (Lipinski definition) is 1. The molecule has 0 aliphatic carbocycles. The van der Waals surface area contributed by atoms with E-state index in [0.29, 0.717) is 0 Å². The number of methoxy groups -OCH3 is 1. The van der Waals surface area contributed by atoms with Gasteiger partial charge in [0, 0.05) is 31.2 Å². The second-order valence-electron chi connectivity index (χ2n) is 7.91. The number of nitrogens with zero attached hydrogens (tertiary/aromatic N) is 2. The van der Waals surface area contributed by atoms with Gasteiger partial charge in [0.2, 0.25) is 5.91 Å². The van der Waals surface area contributed by atoms with E-state index in [1.807, 2.05) is 30.3 Å². The van der Waals surface area contributed by atoms with Crippen molar-refractivity contribution in [2.24, 2.45) is 0 Å². The van der Waals surface area contributed by atoms with Crippen molar-refractivity contribution in [1.82, 2.24) is 15.1 Å². The summed E-state index contributed by atoms with van der Waals surface area (Å²) < 4.78 is 5.48. The van der Waals surface area contributed by atoms with Gasteiger partial charge in [-0.25, -0.2) is 0 Å². The van der Waals surface area contributed by atoms with Crippen LogP contribution in [0.2, 0.25) is 0 Å². The van der Waals surface area contributed by atoms with Gasteiger partial charge >= 0.3 is 0 Å². The molecule has 1 heterocycles. The highest BCUT2D eigenvalue weighted by Gasteiger charge is 2.29. The van der Waals surface area contributed by atoms with Crippen LogP contribution in [0.1, 0.15) is 43.9 Å². The van der Waals surface area contributed by atoms with Gasteiger partial charge in [0.1, 0.15) is 11.8 Å². The molecule has 1 amide bonds. The molecule has 1 fully saturated rings. The Hall–Kier alpha value is -2.37. The normalized spacial score (nSPS) is 16.4. The zero-order valence-electron chi connectivity index (χ0n) is 18.5. The first-order valence-corrected chi connectivity index (χ1v) is 11.1. The van der Waals surface area contributed by atoms with E-state index in [1.165, 1.54) is 5.56 Å². The zero-order chi connectivity index (χ0) is 21.3. The van der Waals surface area contributed by atoms with Crippen molar-refractivity contribution in [3.63, 3.8) is 0 Å². The average molecular weight is 410 g/mol. The maximum atomic E-state index is 13.2. The van der Waals surface area contributed by atoms with Gasteiger partial charge < -0.3 is 10.1 Å². The fourth-order valence-corrected chi connectivity index (χ4v) is 4.34. The second kappa shape index (κ2) is 11.1. The van der Waals surface area contributed by atoms with Gasteiger partial charge in [-0.05, 0) is 37.6 Å². The summed E-state index contributed by atoms with van der Waals surface area (Å²) in [6.07, 6.45) is 1.95. The van der Waals surface area contributed by atoms with Gasteiger partial charge in [0.05, 0.1) is 7.11 Å². The Labute approximate surface area is 181 Å². The van der Waals surface area contributed by atoms with Crippen molar-refractivity contribution in [2.45, 2.75) is 45.3 Å². The molecule has 1 saturated heterocycles. The van der Waals surface area contributed by atoms with Crippen LogP contribution >= 0.6 is 0 Å². The SMILES string of the molecule is CCN(CC)C(C(=O)NC1CCN(Cc2ccccc2OC)CC1)c1ccccc1. The highest BCUT2D eigenvalue weighted by atomic mass is 16.5. The number of rotatable bonds is 9. The summed E-state index contributed by atoms with van der Waals surface area (Å²) in [6, 6.07) is 18.3. The Kier molecular flexibility index (Phi) is 8.29. The van der Waals surface area contributed by atoms with Gasteiger partial charge in [-0.1, -0.05) is 62.4 Å². The molecule has 0 spiro atoms. The minimum absolute atomic E-state index is 0.119. The minimum atomic E-state index is -0.229. The molecule has 1 N–H and O–H groups in total. The molecule has 2 aromatic rings. The fourth-order valence-electron chi connectivity index (χ4n) is 4.34. The maximum absolute atomic E-state index is 13.2. The van der Waals surface area contributed by atoms with Gasteiger partial charge in [0.25, 0.3) is 0 Å². The van der Waals surface area contributed by atoms with Crippen LogP contribution in [-0.2, 0) is 11.3 Å². The molecule has 0 bridgehead atoms. The summed E-state index contributed by atoms with van der Waals surface area (Å²) >= 11 is 0. The quantitative estimate of drug-likeness (QED) is 0.683. The van der Waals surface area contributed by atoms with Crippen LogP contribution in [0, 0.1) is 0 Å². The van der Waals surface area contributed by atoms with E-state index in [0.717, 1.165) is 56.9 Å². The smallest absolute Gasteiger partial charge is 0.242 e. The topological polar surface area (TPSA) is 44.8 Å². The van der Waals surface area contributed by atoms with Crippen LogP contribution in [0.15, 0.2) is 54.6 Å². The van der Waals surface area contributed by atoms with E-state index in [-0.39, 0.29) is 18.0 Å². The third kappa shape index (κ3) is 5.61. The Balaban J connectivity index is 1.58. The molecule has 1 unspecified atom stereocenters. The molecule has 5 heteroatoms. The number of likely N-dealkylation sites (tertiary alicyclic amines) is 1. The molecule has 1 atom stereocenters. The van der Waals surface area contributed by atoms with Gasteiger partial charge in [-0.2, -0.15) is 0 Å². The summed E-state index contributed by atoms with van der Waals surface area (Å²) in [7, 11) is 1.72. The van der Waals surface area contributed by atoms with E-state index in [1.54, 1.807) is 7.11 Å². The van der Waals surface area contributed by atoms with Crippen LogP contribution in [-0.4, -0.2) is 55.0 Å². The standard InChI is InChI=1S/C25H35N3O2/c1-4-28(5-2)24(20-11-7-6-8-12-20)25(29)26-22-15-17-27(18-16-22)19-21-13-9-10-14-23(21)30-3/h6-14,22,24H,4-5,15-19H2,1-3H3,(H,26,29). The Morgan fingerprint density at radius 2 is 1.70 bits per heavy atom. The van der Waals surface area contributed by atoms with Crippen molar-refractivity contribution in [3.8, 4) is 5.75 Å². The van der Waals surface area contributed by atoms with E-state index in [2.05, 4.69) is 53.2 Å². The Bertz CT molecular complexity index is 784. The Morgan fingerprint density at radius 1 is 1.07 bits per heavy atom. The number of likely N-dealkylation sites (N-methyl/N-ethyl adjacent to an activating group) is 1. The fraction of sp³-hybridized carbons (Fsp3) is 0.480. The summed E-state index contributed by atoms with van der Waals surface area (Å²) in [5.41, 5.74) is 2.28. The highest BCUT2D eigenvalue weighted by Crippen LogP contribution is 2.24. The average Bonchev–Trinajstić information content (AvgIpc) is 2.79. The molecule has 0 radical (unpaired) electrons. The maximum Gasteiger partial charge on any atom is 0.242 e. The lowest BCUT2D eigenvalue weighted by atomic mass is 10.0. The predicted molar refractivity (Wildman–Crippen MR) is 122 cm³/mol. The van der Waals surface area contributed by atoms with Crippen LogP contribution in [0.25, 0.3) is 0 Å². The van der Waals surface area contributed by atoms with E-state index in [9.17, 15) is 4.79 Å². The monoisotopic (exact) mass is 409 g/mol. The van der Waals surface area contributed by atoms with E-state index < -0.39 is 0 Å². The molecule has 1 aliphatic rings. The van der Waals surface area contributed by atoms with Crippen LogP contribution < -0.4 is 10.1 Å². The predicted octanol–water partition coefficient (Wildman–Crippen LogP) is 3.86. The van der Waals surface area contributed by atoms with Crippen LogP contribution in [0.4, 0.5) is 0 Å². The number of carbonyl (C=O) groups is 1. The summed E-state index contributed by atoms with van der Waals surface area (Å²) in [5, 5.41) is 3.34. The lowest BCUT2D eigenvalue weighted by Crippen LogP contribution is -2.48. The molecular formula is C25H35N3O2. The molecule has 1 aliphatic heterocycles. The molecule has 2 aromatic carbocycles. The lowest BCUT2D eigenvalue weighted by Gasteiger charge is -2.35. The number of amides is 1. The molecule has 30 heavy (non-hydrogen) atoms. The zero-order valence-corrected chi connectivity index (χ0v) is 18.5. The summed E-state index contributed by atoms with van der Waals surface area (Å²) in [5.74, 6) is 1.06. The third-order valence-corrected chi connectivity index (χ3v) is 6.06. The van der Waals surface area contributed by atoms with E-state index >= 15 is 0 Å². The molecule has 5 nitrogen and oxygen atoms in total. The largest absolute Gasteiger partial charge is 0.496 e. The third-order valence-electron chi connectivity index (χ3n) is 6.06. The number of hydrogen-bond acceptors (Lipinski definition) is 4. The molecule has 0 saturated carbocycles. The number of para-hydroxylation sites is 1. The second-order valence-corrected chi connectivity index (χ2v) is 7.91. The number of piperidine rings is 1. The first-order valence-electron chi connectivity index (χ1n) is 11.1. The highest BCUT2D eigenvalue weighted by molar-refractivity contribution is 5.83. The minimum Gasteiger partial charge on any atom is -0.496 e. The molecule has 3 rings (SSSR count). The number of ether oxygens (including phenoxy) is 1. The molecule has 162 valence electrons. The molecule has 0 aromatic heterocycles. The van der Waals surface area contributed by atoms with Crippen LogP contribution in [0.3, 0.4) is 0 Å². The number of carbonyl (C=O) groups excluding carboxylic acids is 1. The first kappa shape index (κ1) is 22.3. The summed E-state index contributed by atoms with van der Waals surface area (Å²) in [6.45, 7) is 8.76.